The van der Waals surface area contributed by atoms with E-state index in [-0.39, 0.29) is 28.9 Å². The van der Waals surface area contributed by atoms with Crippen LogP contribution in [0.3, 0.4) is 0 Å². The summed E-state index contributed by atoms with van der Waals surface area (Å²) >= 11 is 0. The minimum atomic E-state index is -3.63. The Balaban J connectivity index is 2.62. The van der Waals surface area contributed by atoms with Crippen molar-refractivity contribution in [1.82, 2.24) is 4.98 Å². The number of aromatic nitrogens is 1. The molecule has 1 heterocycles. The Hall–Kier alpha value is -1.95. The summed E-state index contributed by atoms with van der Waals surface area (Å²) in [6, 6.07) is 8.85. The lowest BCUT2D eigenvalue weighted by Crippen LogP contribution is -2.05. The monoisotopic (exact) mass is 279 g/mol. The molecule has 1 aromatic carbocycles. The van der Waals surface area contributed by atoms with Crippen molar-refractivity contribution in [3.63, 3.8) is 0 Å². The molecule has 0 amide bonds. The van der Waals surface area contributed by atoms with Crippen molar-refractivity contribution < 1.29 is 17.6 Å². The largest absolute Gasteiger partial charge is 0.424 e. The molecule has 5 nitrogen and oxygen atoms in total. The van der Waals surface area contributed by atoms with Crippen LogP contribution in [0.2, 0.25) is 0 Å². The predicted octanol–water partition coefficient (Wildman–Crippen LogP) is 2.34. The maximum Gasteiger partial charge on any atom is 0.249 e. The Kier molecular flexibility index (Phi) is 3.53. The van der Waals surface area contributed by atoms with Crippen LogP contribution in [0.5, 0.6) is 0 Å². The van der Waals surface area contributed by atoms with E-state index in [1.165, 1.54) is 0 Å². The summed E-state index contributed by atoms with van der Waals surface area (Å²) in [4.78, 5) is 15.8. The second-order valence-electron chi connectivity index (χ2n) is 4.07. The normalized spacial score (nSPS) is 11.5. The quantitative estimate of drug-likeness (QED) is 0.803. The zero-order valence-corrected chi connectivity index (χ0v) is 11.4. The number of rotatable bonds is 4. The Morgan fingerprint density at radius 2 is 1.89 bits per heavy atom. The Labute approximate surface area is 111 Å². The first-order chi connectivity index (χ1) is 8.93. The van der Waals surface area contributed by atoms with Gasteiger partial charge in [0.05, 0.1) is 0 Å². The fraction of sp³-hybridized carbons (Fsp3) is 0.231. The molecule has 0 unspecified atom stereocenters. The summed E-state index contributed by atoms with van der Waals surface area (Å²) < 4.78 is 28.5. The number of sulfone groups is 1. The first kappa shape index (κ1) is 13.5. The fourth-order valence-electron chi connectivity index (χ4n) is 1.61. The van der Waals surface area contributed by atoms with Gasteiger partial charge < -0.3 is 4.42 Å². The van der Waals surface area contributed by atoms with Gasteiger partial charge in [0.15, 0.2) is 11.5 Å². The van der Waals surface area contributed by atoms with Crippen molar-refractivity contribution in [2.75, 3.05) is 6.26 Å². The van der Waals surface area contributed by atoms with Gasteiger partial charge >= 0.3 is 0 Å². The predicted molar refractivity (Wildman–Crippen MR) is 69.7 cm³/mol. The van der Waals surface area contributed by atoms with Gasteiger partial charge in [-0.05, 0) is 12.1 Å². The summed E-state index contributed by atoms with van der Waals surface area (Å²) in [5.74, 6) is -0.218. The van der Waals surface area contributed by atoms with Crippen LogP contribution in [0.1, 0.15) is 23.8 Å². The summed E-state index contributed by atoms with van der Waals surface area (Å²) in [5, 5.41) is -0.363. The second kappa shape index (κ2) is 4.97. The van der Waals surface area contributed by atoms with E-state index in [0.29, 0.717) is 5.56 Å². The van der Waals surface area contributed by atoms with Gasteiger partial charge in [-0.1, -0.05) is 25.1 Å². The topological polar surface area (TPSA) is 77.2 Å². The van der Waals surface area contributed by atoms with Crippen LogP contribution in [0.15, 0.2) is 39.8 Å². The molecule has 19 heavy (non-hydrogen) atoms. The average molecular weight is 279 g/mol. The zero-order chi connectivity index (χ0) is 14.0. The molecule has 1 aromatic heterocycles. The fourth-order valence-corrected chi connectivity index (χ4v) is 2.35. The smallest absolute Gasteiger partial charge is 0.249 e. The minimum Gasteiger partial charge on any atom is -0.424 e. The molecular formula is C13H13NO4S. The molecular weight excluding hydrogens is 266 g/mol. The average Bonchev–Trinajstić information content (AvgIpc) is 2.84. The molecule has 0 spiro atoms. The number of nitrogens with zero attached hydrogens (tertiary/aromatic N) is 1. The van der Waals surface area contributed by atoms with Crippen molar-refractivity contribution in [1.29, 1.82) is 0 Å². The highest BCUT2D eigenvalue weighted by Crippen LogP contribution is 2.25. The first-order valence-electron chi connectivity index (χ1n) is 5.73. The van der Waals surface area contributed by atoms with Crippen LogP contribution in [0.4, 0.5) is 0 Å². The molecule has 0 fully saturated rings. The highest BCUT2D eigenvalue weighted by atomic mass is 32.2. The second-order valence-corrected chi connectivity index (χ2v) is 5.99. The Morgan fingerprint density at radius 1 is 1.26 bits per heavy atom. The van der Waals surface area contributed by atoms with Gasteiger partial charge in [0.25, 0.3) is 0 Å². The number of carbonyl (C=O) groups is 1. The molecule has 0 saturated heterocycles. The molecule has 2 rings (SSSR count). The zero-order valence-electron chi connectivity index (χ0n) is 10.6. The molecule has 0 aliphatic carbocycles. The number of hydrogen-bond acceptors (Lipinski definition) is 5. The third-order valence-corrected chi connectivity index (χ3v) is 3.49. The van der Waals surface area contributed by atoms with Crippen molar-refractivity contribution in [2.24, 2.45) is 0 Å². The number of ketones is 1. The van der Waals surface area contributed by atoms with Crippen LogP contribution < -0.4 is 0 Å². The van der Waals surface area contributed by atoms with Crippen LogP contribution in [0.25, 0.3) is 11.5 Å². The molecule has 0 saturated carbocycles. The summed E-state index contributed by atoms with van der Waals surface area (Å²) in [6.07, 6.45) is 1.16. The lowest BCUT2D eigenvalue weighted by atomic mass is 10.2. The first-order valence-corrected chi connectivity index (χ1v) is 7.62. The van der Waals surface area contributed by atoms with Gasteiger partial charge in [-0.2, -0.15) is 0 Å². The van der Waals surface area contributed by atoms with Crippen molar-refractivity contribution >= 4 is 15.6 Å². The molecule has 0 atom stereocenters. The number of Topliss-reactive ketones (excluding diaryl/α,β-unsaturated/α-hetero) is 1. The van der Waals surface area contributed by atoms with Crippen molar-refractivity contribution in [2.45, 2.75) is 18.4 Å². The molecule has 0 radical (unpaired) electrons. The van der Waals surface area contributed by atoms with Crippen LogP contribution >= 0.6 is 0 Å². The van der Waals surface area contributed by atoms with E-state index >= 15 is 0 Å². The van der Waals surface area contributed by atoms with Gasteiger partial charge in [0, 0.05) is 18.2 Å². The van der Waals surface area contributed by atoms with E-state index in [0.717, 1.165) is 6.26 Å². The lowest BCUT2D eigenvalue weighted by molar-refractivity contribution is 0.0978. The number of hydrogen-bond donors (Lipinski definition) is 0. The van der Waals surface area contributed by atoms with Gasteiger partial charge in [-0.3, -0.25) is 4.79 Å². The van der Waals surface area contributed by atoms with E-state index in [2.05, 4.69) is 4.98 Å². The van der Waals surface area contributed by atoms with Crippen LogP contribution in [0, 0.1) is 0 Å². The maximum atomic E-state index is 11.7. The molecule has 6 heteroatoms. The third kappa shape index (κ3) is 2.73. The van der Waals surface area contributed by atoms with E-state index < -0.39 is 9.84 Å². The van der Waals surface area contributed by atoms with Crippen molar-refractivity contribution in [3.05, 3.63) is 36.0 Å². The van der Waals surface area contributed by atoms with Crippen LogP contribution in [-0.2, 0) is 9.84 Å². The SMILES string of the molecule is CCC(=O)c1nc(-c2ccccc2)oc1S(C)(=O)=O. The minimum absolute atomic E-state index is 0.121. The highest BCUT2D eigenvalue weighted by molar-refractivity contribution is 7.90. The molecule has 100 valence electrons. The van der Waals surface area contributed by atoms with Gasteiger partial charge in [-0.15, -0.1) is 0 Å². The number of carbonyl (C=O) groups excluding carboxylic acids is 1. The van der Waals surface area contributed by atoms with Gasteiger partial charge in [-0.25, -0.2) is 13.4 Å². The lowest BCUT2D eigenvalue weighted by Gasteiger charge is -1.94. The summed E-state index contributed by atoms with van der Waals surface area (Å²) in [7, 11) is -3.63. The van der Waals surface area contributed by atoms with Gasteiger partial charge in [0.1, 0.15) is 0 Å². The molecule has 2 aromatic rings. The molecule has 0 N–H and O–H groups in total. The number of oxazole rings is 1. The summed E-state index contributed by atoms with van der Waals surface area (Å²) in [5.41, 5.74) is 0.506. The molecule has 0 aliphatic heterocycles. The van der Waals surface area contributed by atoms with Crippen molar-refractivity contribution in [3.8, 4) is 11.5 Å². The standard InChI is InChI=1S/C13H13NO4S/c1-3-10(15)11-13(19(2,16)17)18-12(14-11)9-7-5-4-6-8-9/h4-8H,3H2,1-2H3. The van der Waals surface area contributed by atoms with E-state index in [9.17, 15) is 13.2 Å². The van der Waals surface area contributed by atoms with Gasteiger partial charge in [0.2, 0.25) is 20.8 Å². The Morgan fingerprint density at radius 3 is 2.42 bits per heavy atom. The van der Waals surface area contributed by atoms with Crippen LogP contribution in [-0.4, -0.2) is 25.4 Å². The molecule has 0 aliphatic rings. The summed E-state index contributed by atoms with van der Waals surface area (Å²) in [6.45, 7) is 1.64. The Bertz CT molecular complexity index is 701. The highest BCUT2D eigenvalue weighted by Gasteiger charge is 2.26. The molecule has 0 bridgehead atoms. The maximum absolute atomic E-state index is 11.7. The van der Waals surface area contributed by atoms with E-state index in [1.54, 1.807) is 31.2 Å². The number of benzene rings is 1. The van der Waals surface area contributed by atoms with E-state index in [4.69, 9.17) is 4.42 Å². The third-order valence-electron chi connectivity index (χ3n) is 2.54. The van der Waals surface area contributed by atoms with E-state index in [1.807, 2.05) is 6.07 Å².